The Bertz CT molecular complexity index is 1100. The Kier molecular flexibility index (Phi) is 7.53. The van der Waals surface area contributed by atoms with Gasteiger partial charge in [0.05, 0.1) is 30.2 Å². The summed E-state index contributed by atoms with van der Waals surface area (Å²) in [6.45, 7) is 6.56. The van der Waals surface area contributed by atoms with Crippen molar-refractivity contribution >= 4 is 57.9 Å². The lowest BCUT2D eigenvalue weighted by Gasteiger charge is -2.10. The van der Waals surface area contributed by atoms with Crippen LogP contribution in [0.25, 0.3) is 0 Å². The summed E-state index contributed by atoms with van der Waals surface area (Å²) in [5, 5.41) is 16.1. The molecule has 0 bridgehead atoms. The zero-order valence-corrected chi connectivity index (χ0v) is 19.6. The average Bonchev–Trinajstić information content (AvgIpc) is 3.30. The van der Waals surface area contributed by atoms with Gasteiger partial charge in [-0.25, -0.2) is 4.79 Å². The van der Waals surface area contributed by atoms with Gasteiger partial charge >= 0.3 is 5.97 Å². The SMILES string of the molecule is CCn1cc(NC(=S)Nc2cnn(Cc3ccc(Cl)cc3Cl)c2)c(C(=O)OC(C)C)n1. The minimum Gasteiger partial charge on any atom is -0.458 e. The van der Waals surface area contributed by atoms with Gasteiger partial charge in [-0.2, -0.15) is 10.2 Å². The van der Waals surface area contributed by atoms with Gasteiger partial charge in [0.2, 0.25) is 0 Å². The van der Waals surface area contributed by atoms with Crippen LogP contribution in [0.1, 0.15) is 36.8 Å². The van der Waals surface area contributed by atoms with Crippen LogP contribution in [0.15, 0.2) is 36.8 Å². The number of hydrogen-bond acceptors (Lipinski definition) is 5. The average molecular weight is 481 g/mol. The molecule has 8 nitrogen and oxygen atoms in total. The third-order valence-electron chi connectivity index (χ3n) is 4.11. The Morgan fingerprint density at radius 2 is 2.00 bits per heavy atom. The van der Waals surface area contributed by atoms with E-state index >= 15 is 0 Å². The van der Waals surface area contributed by atoms with Crippen LogP contribution in [0.2, 0.25) is 10.0 Å². The highest BCUT2D eigenvalue weighted by atomic mass is 35.5. The first-order valence-electron chi connectivity index (χ1n) is 9.58. The van der Waals surface area contributed by atoms with Crippen molar-refractivity contribution in [3.05, 3.63) is 58.1 Å². The van der Waals surface area contributed by atoms with Gasteiger partial charge in [-0.1, -0.05) is 29.3 Å². The summed E-state index contributed by atoms with van der Waals surface area (Å²) in [6, 6.07) is 5.33. The highest BCUT2D eigenvalue weighted by molar-refractivity contribution is 7.80. The van der Waals surface area contributed by atoms with Gasteiger partial charge in [0.15, 0.2) is 10.8 Å². The number of aryl methyl sites for hydroxylation is 1. The van der Waals surface area contributed by atoms with E-state index in [0.29, 0.717) is 39.6 Å². The molecule has 3 aromatic rings. The maximum Gasteiger partial charge on any atom is 0.361 e. The third-order valence-corrected chi connectivity index (χ3v) is 4.90. The lowest BCUT2D eigenvalue weighted by Crippen LogP contribution is -2.21. The fourth-order valence-corrected chi connectivity index (χ4v) is 3.42. The van der Waals surface area contributed by atoms with Crippen molar-refractivity contribution in [2.45, 2.75) is 40.0 Å². The summed E-state index contributed by atoms with van der Waals surface area (Å²) in [5.41, 5.74) is 2.21. The van der Waals surface area contributed by atoms with Crippen LogP contribution in [0.4, 0.5) is 11.4 Å². The van der Waals surface area contributed by atoms with Crippen molar-refractivity contribution in [1.82, 2.24) is 19.6 Å². The van der Waals surface area contributed by atoms with Gasteiger partial charge in [0, 0.05) is 29.0 Å². The Morgan fingerprint density at radius 3 is 2.68 bits per heavy atom. The number of esters is 1. The zero-order valence-electron chi connectivity index (χ0n) is 17.2. The maximum absolute atomic E-state index is 12.3. The molecule has 11 heteroatoms. The molecule has 0 aliphatic rings. The topological polar surface area (TPSA) is 86.0 Å². The fraction of sp³-hybridized carbons (Fsp3) is 0.300. The fourth-order valence-electron chi connectivity index (χ4n) is 2.72. The minimum atomic E-state index is -0.514. The maximum atomic E-state index is 12.3. The van der Waals surface area contributed by atoms with Gasteiger partial charge in [-0.05, 0) is 50.7 Å². The van der Waals surface area contributed by atoms with E-state index in [2.05, 4.69) is 20.8 Å². The molecule has 0 saturated carbocycles. The Morgan fingerprint density at radius 1 is 1.23 bits per heavy atom. The van der Waals surface area contributed by atoms with E-state index in [1.54, 1.807) is 53.9 Å². The number of hydrogen-bond donors (Lipinski definition) is 2. The standard InChI is InChI=1S/C20H22Cl2N6O2S/c1-4-27-11-17(18(26-27)19(29)30-12(2)3)25-20(31)24-15-8-23-28(10-15)9-13-5-6-14(21)7-16(13)22/h5-8,10-12H,4,9H2,1-3H3,(H2,24,25,31). The Balaban J connectivity index is 1.66. The number of nitrogens with zero attached hydrogens (tertiary/aromatic N) is 4. The highest BCUT2D eigenvalue weighted by Gasteiger charge is 2.20. The van der Waals surface area contributed by atoms with Crippen molar-refractivity contribution in [3.63, 3.8) is 0 Å². The van der Waals surface area contributed by atoms with Crippen LogP contribution in [0.3, 0.4) is 0 Å². The molecule has 1 aromatic carbocycles. The molecule has 0 fully saturated rings. The Hall–Kier alpha value is -2.62. The normalized spacial score (nSPS) is 10.9. The molecular formula is C20H22Cl2N6O2S. The lowest BCUT2D eigenvalue weighted by molar-refractivity contribution is 0.0371. The molecule has 0 aliphatic heterocycles. The molecule has 0 amide bonds. The largest absolute Gasteiger partial charge is 0.458 e. The van der Waals surface area contributed by atoms with Gasteiger partial charge in [0.1, 0.15) is 0 Å². The molecule has 2 heterocycles. The summed E-state index contributed by atoms with van der Waals surface area (Å²) in [5.74, 6) is -0.514. The Labute approximate surface area is 195 Å². The van der Waals surface area contributed by atoms with Crippen molar-refractivity contribution < 1.29 is 9.53 Å². The summed E-state index contributed by atoms with van der Waals surface area (Å²) in [4.78, 5) is 12.3. The first-order valence-corrected chi connectivity index (χ1v) is 10.7. The van der Waals surface area contributed by atoms with E-state index in [-0.39, 0.29) is 11.8 Å². The van der Waals surface area contributed by atoms with Crippen molar-refractivity contribution in [2.75, 3.05) is 10.6 Å². The van der Waals surface area contributed by atoms with E-state index < -0.39 is 5.97 Å². The second kappa shape index (κ2) is 10.1. The van der Waals surface area contributed by atoms with Crippen molar-refractivity contribution in [1.29, 1.82) is 0 Å². The van der Waals surface area contributed by atoms with Crippen LogP contribution in [0, 0.1) is 0 Å². The number of anilines is 2. The quantitative estimate of drug-likeness (QED) is 0.369. The molecule has 164 valence electrons. The first-order chi connectivity index (χ1) is 14.7. The molecule has 2 N–H and O–H groups in total. The molecular weight excluding hydrogens is 459 g/mol. The number of carbonyl (C=O) groups is 1. The number of ether oxygens (including phenoxy) is 1. The number of rotatable bonds is 7. The molecule has 2 aromatic heterocycles. The van der Waals surface area contributed by atoms with E-state index in [1.807, 2.05) is 13.0 Å². The van der Waals surface area contributed by atoms with E-state index in [1.165, 1.54) is 0 Å². The molecule has 0 aliphatic carbocycles. The number of thiocarbonyl (C=S) groups is 1. The summed E-state index contributed by atoms with van der Waals surface area (Å²) >= 11 is 17.6. The molecule has 0 spiro atoms. The van der Waals surface area contributed by atoms with Crippen LogP contribution >= 0.6 is 35.4 Å². The van der Waals surface area contributed by atoms with Crippen molar-refractivity contribution in [2.24, 2.45) is 0 Å². The predicted molar refractivity (Wildman–Crippen MR) is 126 cm³/mol. The smallest absolute Gasteiger partial charge is 0.361 e. The lowest BCUT2D eigenvalue weighted by atomic mass is 10.2. The van der Waals surface area contributed by atoms with Crippen LogP contribution < -0.4 is 10.6 Å². The number of carbonyl (C=O) groups excluding carboxylic acids is 1. The third kappa shape index (κ3) is 6.19. The molecule has 0 unspecified atom stereocenters. The number of nitrogens with one attached hydrogen (secondary N) is 2. The highest BCUT2D eigenvalue weighted by Crippen LogP contribution is 2.22. The number of benzene rings is 1. The van der Waals surface area contributed by atoms with Gasteiger partial charge in [-0.3, -0.25) is 9.36 Å². The van der Waals surface area contributed by atoms with Gasteiger partial charge < -0.3 is 15.4 Å². The van der Waals surface area contributed by atoms with Crippen LogP contribution in [-0.4, -0.2) is 36.7 Å². The molecule has 0 atom stereocenters. The minimum absolute atomic E-state index is 0.174. The van der Waals surface area contributed by atoms with Gasteiger partial charge in [0.25, 0.3) is 0 Å². The van der Waals surface area contributed by atoms with Crippen molar-refractivity contribution in [3.8, 4) is 0 Å². The van der Waals surface area contributed by atoms with E-state index in [0.717, 1.165) is 5.56 Å². The summed E-state index contributed by atoms with van der Waals surface area (Å²) < 4.78 is 8.62. The summed E-state index contributed by atoms with van der Waals surface area (Å²) in [6.07, 6.45) is 4.89. The predicted octanol–water partition coefficient (Wildman–Crippen LogP) is 4.83. The number of halogens is 2. The zero-order chi connectivity index (χ0) is 22.5. The van der Waals surface area contributed by atoms with E-state index in [9.17, 15) is 4.79 Å². The second-order valence-corrected chi connectivity index (χ2v) is 8.19. The van der Waals surface area contributed by atoms with Crippen LogP contribution in [-0.2, 0) is 17.8 Å². The molecule has 31 heavy (non-hydrogen) atoms. The summed E-state index contributed by atoms with van der Waals surface area (Å²) in [7, 11) is 0. The molecule has 0 saturated heterocycles. The number of aromatic nitrogens is 4. The monoisotopic (exact) mass is 480 g/mol. The van der Waals surface area contributed by atoms with E-state index in [4.69, 9.17) is 40.2 Å². The van der Waals surface area contributed by atoms with Crippen LogP contribution in [0.5, 0.6) is 0 Å². The first kappa shape index (κ1) is 23.1. The second-order valence-electron chi connectivity index (χ2n) is 6.94. The molecule has 3 rings (SSSR count). The molecule has 0 radical (unpaired) electrons. The van der Waals surface area contributed by atoms with Gasteiger partial charge in [-0.15, -0.1) is 0 Å².